The van der Waals surface area contributed by atoms with Gasteiger partial charge in [0, 0.05) is 17.6 Å². The van der Waals surface area contributed by atoms with Crippen LogP contribution in [0.5, 0.6) is 0 Å². The average Bonchev–Trinajstić information content (AvgIpc) is 3.44. The van der Waals surface area contributed by atoms with E-state index in [1.165, 1.54) is 53.4 Å². The number of nitrogens with one attached hydrogen (secondary N) is 1. The van der Waals surface area contributed by atoms with Crippen molar-refractivity contribution >= 4 is 39.1 Å². The van der Waals surface area contributed by atoms with Crippen LogP contribution in [0.2, 0.25) is 5.02 Å². The molecule has 1 aliphatic carbocycles. The average molecular weight is 572 g/mol. The molecule has 0 spiro atoms. The normalized spacial score (nSPS) is 14.5. The number of sulfonamides is 1. The Morgan fingerprint density at radius 3 is 2.21 bits per heavy atom. The number of nitrogens with zero attached hydrogens (tertiary/aromatic N) is 2. The van der Waals surface area contributed by atoms with E-state index in [4.69, 9.17) is 11.6 Å². The van der Waals surface area contributed by atoms with Gasteiger partial charge in [0.1, 0.15) is 18.4 Å². The smallest absolute Gasteiger partial charge is 0.264 e. The largest absolute Gasteiger partial charge is 0.352 e. The highest BCUT2D eigenvalue weighted by Gasteiger charge is 2.33. The second kappa shape index (κ2) is 12.6. The van der Waals surface area contributed by atoms with Crippen molar-refractivity contribution in [1.82, 2.24) is 10.2 Å². The van der Waals surface area contributed by atoms with Crippen molar-refractivity contribution in [2.24, 2.45) is 0 Å². The summed E-state index contributed by atoms with van der Waals surface area (Å²) in [7, 11) is -4.17. The van der Waals surface area contributed by atoms with Crippen LogP contribution in [0, 0.1) is 5.82 Å². The Hall–Kier alpha value is -3.43. The topological polar surface area (TPSA) is 86.8 Å². The minimum atomic E-state index is -4.17. The molecule has 0 saturated heterocycles. The number of hydrogen-bond acceptors (Lipinski definition) is 4. The standard InChI is InChI=1S/C29H31ClFN3O4S/c1-21(29(36)32-25-7-5-6-8-25)33(19-22-11-15-24(31)16-12-22)28(35)20-34(26-9-3-2-4-10-26)39(37,38)27-17-13-23(30)14-18-27/h2-4,9-18,21,25H,5-8,19-20H2,1H3,(H,32,36)/t21-/m1/s1. The molecular formula is C29H31ClFN3O4S. The summed E-state index contributed by atoms with van der Waals surface area (Å²) in [4.78, 5) is 28.4. The third-order valence-electron chi connectivity index (χ3n) is 6.86. The van der Waals surface area contributed by atoms with E-state index in [1.807, 2.05) is 0 Å². The summed E-state index contributed by atoms with van der Waals surface area (Å²) in [5.41, 5.74) is 0.905. The van der Waals surface area contributed by atoms with Crippen LogP contribution in [0.15, 0.2) is 83.8 Å². The Balaban J connectivity index is 1.66. The lowest BCUT2D eigenvalue weighted by Crippen LogP contribution is -2.52. The van der Waals surface area contributed by atoms with Crippen molar-refractivity contribution in [3.8, 4) is 0 Å². The molecule has 0 unspecified atom stereocenters. The number of benzene rings is 3. The van der Waals surface area contributed by atoms with Crippen molar-refractivity contribution in [1.29, 1.82) is 0 Å². The van der Waals surface area contributed by atoms with Gasteiger partial charge in [-0.2, -0.15) is 0 Å². The second-order valence-electron chi connectivity index (χ2n) is 9.62. The third-order valence-corrected chi connectivity index (χ3v) is 8.90. The van der Waals surface area contributed by atoms with Gasteiger partial charge in [-0.3, -0.25) is 13.9 Å². The van der Waals surface area contributed by atoms with Gasteiger partial charge in [-0.25, -0.2) is 12.8 Å². The van der Waals surface area contributed by atoms with Gasteiger partial charge in [-0.1, -0.05) is 54.8 Å². The lowest BCUT2D eigenvalue weighted by Gasteiger charge is -2.32. The van der Waals surface area contributed by atoms with Crippen molar-refractivity contribution in [2.45, 2.75) is 56.1 Å². The number of carbonyl (C=O) groups is 2. The monoisotopic (exact) mass is 571 g/mol. The molecule has 4 rings (SSSR count). The summed E-state index contributed by atoms with van der Waals surface area (Å²) < 4.78 is 42.0. The second-order valence-corrected chi connectivity index (χ2v) is 11.9. The zero-order valence-electron chi connectivity index (χ0n) is 21.6. The van der Waals surface area contributed by atoms with Crippen LogP contribution in [0.3, 0.4) is 0 Å². The summed E-state index contributed by atoms with van der Waals surface area (Å²) in [5, 5.41) is 3.40. The molecule has 1 atom stereocenters. The van der Waals surface area contributed by atoms with Crippen LogP contribution in [-0.2, 0) is 26.2 Å². The number of anilines is 1. The van der Waals surface area contributed by atoms with E-state index >= 15 is 0 Å². The number of rotatable bonds is 10. The molecule has 0 heterocycles. The first kappa shape index (κ1) is 28.6. The first-order chi connectivity index (χ1) is 18.6. The van der Waals surface area contributed by atoms with Gasteiger partial charge in [-0.15, -0.1) is 0 Å². The molecule has 1 aliphatic rings. The van der Waals surface area contributed by atoms with Gasteiger partial charge in [-0.05, 0) is 73.9 Å². The SMILES string of the molecule is C[C@H](C(=O)NC1CCCC1)N(Cc1ccc(F)cc1)C(=O)CN(c1ccccc1)S(=O)(=O)c1ccc(Cl)cc1. The van der Waals surface area contributed by atoms with Crippen LogP contribution in [0.1, 0.15) is 38.2 Å². The molecule has 206 valence electrons. The molecule has 0 bridgehead atoms. The first-order valence-electron chi connectivity index (χ1n) is 12.8. The predicted molar refractivity (Wildman–Crippen MR) is 149 cm³/mol. The van der Waals surface area contributed by atoms with E-state index in [2.05, 4.69) is 5.32 Å². The van der Waals surface area contributed by atoms with Crippen LogP contribution in [0.25, 0.3) is 0 Å². The molecule has 3 aromatic rings. The molecule has 0 aromatic heterocycles. The number of halogens is 2. The van der Waals surface area contributed by atoms with Gasteiger partial charge in [0.15, 0.2) is 0 Å². The Bertz CT molecular complexity index is 1380. The summed E-state index contributed by atoms with van der Waals surface area (Å²) in [6, 6.07) is 18.8. The van der Waals surface area contributed by atoms with Crippen LogP contribution < -0.4 is 9.62 Å². The molecule has 1 fully saturated rings. The molecule has 3 aromatic carbocycles. The minimum absolute atomic E-state index is 0.00197. The fourth-order valence-corrected chi connectivity index (χ4v) is 6.16. The van der Waals surface area contributed by atoms with Crippen molar-refractivity contribution in [2.75, 3.05) is 10.8 Å². The predicted octanol–water partition coefficient (Wildman–Crippen LogP) is 5.15. The maximum atomic E-state index is 13.9. The van der Waals surface area contributed by atoms with E-state index < -0.39 is 34.3 Å². The Labute approximate surface area is 233 Å². The highest BCUT2D eigenvalue weighted by atomic mass is 35.5. The quantitative estimate of drug-likeness (QED) is 0.365. The van der Waals surface area contributed by atoms with E-state index in [-0.39, 0.29) is 23.4 Å². The molecule has 1 saturated carbocycles. The number of carbonyl (C=O) groups excluding carboxylic acids is 2. The fourth-order valence-electron chi connectivity index (χ4n) is 4.62. The Morgan fingerprint density at radius 2 is 1.59 bits per heavy atom. The highest BCUT2D eigenvalue weighted by Crippen LogP contribution is 2.25. The van der Waals surface area contributed by atoms with Gasteiger partial charge < -0.3 is 10.2 Å². The lowest BCUT2D eigenvalue weighted by molar-refractivity contribution is -0.139. The molecule has 7 nitrogen and oxygen atoms in total. The van der Waals surface area contributed by atoms with Crippen molar-refractivity contribution in [3.63, 3.8) is 0 Å². The summed E-state index contributed by atoms with van der Waals surface area (Å²) in [6.45, 7) is 1.07. The third kappa shape index (κ3) is 7.16. The lowest BCUT2D eigenvalue weighted by atomic mass is 10.1. The molecule has 10 heteroatoms. The summed E-state index contributed by atoms with van der Waals surface area (Å²) in [6.07, 6.45) is 3.83. The summed E-state index contributed by atoms with van der Waals surface area (Å²) in [5.74, 6) is -1.31. The number of hydrogen-bond donors (Lipinski definition) is 1. The van der Waals surface area contributed by atoms with Crippen molar-refractivity contribution < 1.29 is 22.4 Å². The summed E-state index contributed by atoms with van der Waals surface area (Å²) >= 11 is 5.97. The van der Waals surface area contributed by atoms with E-state index in [0.29, 0.717) is 16.3 Å². The van der Waals surface area contributed by atoms with Gasteiger partial charge >= 0.3 is 0 Å². The van der Waals surface area contributed by atoms with Gasteiger partial charge in [0.05, 0.1) is 10.6 Å². The molecule has 0 aliphatic heterocycles. The van der Waals surface area contributed by atoms with E-state index in [1.54, 1.807) is 37.3 Å². The number of amides is 2. The van der Waals surface area contributed by atoms with Gasteiger partial charge in [0.2, 0.25) is 11.8 Å². The van der Waals surface area contributed by atoms with Crippen LogP contribution >= 0.6 is 11.6 Å². The van der Waals surface area contributed by atoms with Crippen molar-refractivity contribution in [3.05, 3.63) is 95.3 Å². The zero-order valence-corrected chi connectivity index (χ0v) is 23.2. The molecule has 0 radical (unpaired) electrons. The maximum Gasteiger partial charge on any atom is 0.264 e. The molecule has 2 amide bonds. The van der Waals surface area contributed by atoms with E-state index in [0.717, 1.165) is 30.0 Å². The molecule has 1 N–H and O–H groups in total. The highest BCUT2D eigenvalue weighted by molar-refractivity contribution is 7.92. The Kier molecular flexibility index (Phi) is 9.24. The molecular weight excluding hydrogens is 541 g/mol. The zero-order chi connectivity index (χ0) is 28.0. The fraction of sp³-hybridized carbons (Fsp3) is 0.310. The van der Waals surface area contributed by atoms with E-state index in [9.17, 15) is 22.4 Å². The first-order valence-corrected chi connectivity index (χ1v) is 14.6. The van der Waals surface area contributed by atoms with Crippen LogP contribution in [0.4, 0.5) is 10.1 Å². The minimum Gasteiger partial charge on any atom is -0.352 e. The van der Waals surface area contributed by atoms with Gasteiger partial charge in [0.25, 0.3) is 10.0 Å². The Morgan fingerprint density at radius 1 is 0.974 bits per heavy atom. The number of para-hydroxylation sites is 1. The maximum absolute atomic E-state index is 13.9. The molecule has 39 heavy (non-hydrogen) atoms. The van der Waals surface area contributed by atoms with Crippen LogP contribution in [-0.4, -0.2) is 43.8 Å².